The third-order valence-corrected chi connectivity index (χ3v) is 4.45. The van der Waals surface area contributed by atoms with E-state index in [9.17, 15) is 9.18 Å². The number of halogens is 2. The van der Waals surface area contributed by atoms with E-state index in [1.54, 1.807) is 0 Å². The van der Waals surface area contributed by atoms with Crippen molar-refractivity contribution in [2.45, 2.75) is 31.3 Å². The van der Waals surface area contributed by atoms with Crippen molar-refractivity contribution < 1.29 is 9.18 Å². The fourth-order valence-electron chi connectivity index (χ4n) is 2.61. The maximum atomic E-state index is 13.0. The van der Waals surface area contributed by atoms with Crippen molar-refractivity contribution in [3.8, 4) is 0 Å². The van der Waals surface area contributed by atoms with Crippen molar-refractivity contribution >= 4 is 21.8 Å². The van der Waals surface area contributed by atoms with Gasteiger partial charge in [-0.3, -0.25) is 9.69 Å². The summed E-state index contributed by atoms with van der Waals surface area (Å²) in [5, 5.41) is 3.04. The smallest absolute Gasteiger partial charge is 0.252 e. The second-order valence-electron chi connectivity index (χ2n) is 5.31. The first-order valence-electron chi connectivity index (χ1n) is 6.63. The van der Waals surface area contributed by atoms with Crippen LogP contribution in [0.1, 0.15) is 29.6 Å². The number of carbonyl (C=O) groups excluding carboxylic acids is 1. The summed E-state index contributed by atoms with van der Waals surface area (Å²) in [5.74, 6) is -0.473. The van der Waals surface area contributed by atoms with Gasteiger partial charge >= 0.3 is 0 Å². The van der Waals surface area contributed by atoms with Crippen LogP contribution in [-0.4, -0.2) is 36.0 Å². The van der Waals surface area contributed by atoms with Crippen molar-refractivity contribution in [1.29, 1.82) is 0 Å². The molecule has 1 saturated heterocycles. The van der Waals surface area contributed by atoms with Crippen LogP contribution in [0.25, 0.3) is 0 Å². The maximum Gasteiger partial charge on any atom is 0.252 e. The Morgan fingerprint density at radius 1 is 1.37 bits per heavy atom. The molecular weight excluding hydrogens is 311 g/mol. The Balaban J connectivity index is 1.61. The van der Waals surface area contributed by atoms with Crippen molar-refractivity contribution in [1.82, 2.24) is 10.2 Å². The average Bonchev–Trinajstić information content (AvgIpc) is 3.10. The van der Waals surface area contributed by atoms with Gasteiger partial charge in [-0.2, -0.15) is 0 Å². The van der Waals surface area contributed by atoms with Gasteiger partial charge in [-0.15, -0.1) is 0 Å². The molecule has 19 heavy (non-hydrogen) atoms. The Kier molecular flexibility index (Phi) is 3.58. The van der Waals surface area contributed by atoms with Crippen LogP contribution in [0.2, 0.25) is 0 Å². The van der Waals surface area contributed by atoms with Crippen LogP contribution in [0, 0.1) is 5.82 Å². The summed E-state index contributed by atoms with van der Waals surface area (Å²) in [5.41, 5.74) is 0.492. The molecule has 0 spiro atoms. The second-order valence-corrected chi connectivity index (χ2v) is 6.16. The molecular formula is C14H16BrFN2O. The Labute approximate surface area is 120 Å². The Morgan fingerprint density at radius 2 is 2.16 bits per heavy atom. The van der Waals surface area contributed by atoms with Crippen molar-refractivity contribution in [3.05, 3.63) is 34.1 Å². The van der Waals surface area contributed by atoms with Crippen LogP contribution in [0.5, 0.6) is 0 Å². The molecule has 0 aromatic heterocycles. The van der Waals surface area contributed by atoms with Crippen LogP contribution < -0.4 is 5.32 Å². The van der Waals surface area contributed by atoms with E-state index in [2.05, 4.69) is 26.1 Å². The third kappa shape index (κ3) is 2.98. The standard InChI is InChI=1S/C14H16BrFN2O/c15-13-7-9(16)1-4-12(13)14(19)17-10-5-6-18(8-10)11-2-3-11/h1,4,7,10-11H,2-3,5-6,8H2,(H,17,19). The zero-order valence-corrected chi connectivity index (χ0v) is 12.1. The van der Waals surface area contributed by atoms with Gasteiger partial charge in [0.2, 0.25) is 0 Å². The zero-order chi connectivity index (χ0) is 13.4. The number of amides is 1. The number of carbonyl (C=O) groups is 1. The number of benzene rings is 1. The lowest BCUT2D eigenvalue weighted by atomic mass is 10.2. The van der Waals surface area contributed by atoms with Gasteiger partial charge in [-0.05, 0) is 53.4 Å². The lowest BCUT2D eigenvalue weighted by Gasteiger charge is -2.16. The minimum Gasteiger partial charge on any atom is -0.348 e. The normalized spacial score (nSPS) is 23.6. The van der Waals surface area contributed by atoms with Crippen LogP contribution >= 0.6 is 15.9 Å². The lowest BCUT2D eigenvalue weighted by molar-refractivity contribution is 0.0936. The van der Waals surface area contributed by atoms with Gasteiger partial charge in [-0.1, -0.05) is 0 Å². The Hall–Kier alpha value is -0.940. The highest BCUT2D eigenvalue weighted by Crippen LogP contribution is 2.30. The highest BCUT2D eigenvalue weighted by atomic mass is 79.9. The minimum absolute atomic E-state index is 0.130. The molecule has 0 bridgehead atoms. The molecule has 5 heteroatoms. The van der Waals surface area contributed by atoms with Gasteiger partial charge in [0.25, 0.3) is 5.91 Å². The molecule has 1 atom stereocenters. The summed E-state index contributed by atoms with van der Waals surface area (Å²) in [6.45, 7) is 2.01. The van der Waals surface area contributed by atoms with Crippen LogP contribution in [0.4, 0.5) is 4.39 Å². The summed E-state index contributed by atoms with van der Waals surface area (Å²) < 4.78 is 13.5. The molecule has 1 saturated carbocycles. The minimum atomic E-state index is -0.343. The molecule has 2 fully saturated rings. The molecule has 1 unspecified atom stereocenters. The van der Waals surface area contributed by atoms with Crippen LogP contribution in [0.15, 0.2) is 22.7 Å². The van der Waals surface area contributed by atoms with Gasteiger partial charge < -0.3 is 5.32 Å². The van der Waals surface area contributed by atoms with Crippen LogP contribution in [0.3, 0.4) is 0 Å². The van der Waals surface area contributed by atoms with E-state index in [0.29, 0.717) is 10.0 Å². The molecule has 1 heterocycles. The lowest BCUT2D eigenvalue weighted by Crippen LogP contribution is -2.37. The van der Waals surface area contributed by atoms with E-state index in [4.69, 9.17) is 0 Å². The number of likely N-dealkylation sites (tertiary alicyclic amines) is 1. The second kappa shape index (κ2) is 5.21. The molecule has 3 rings (SSSR count). The van der Waals surface area contributed by atoms with Crippen LogP contribution in [-0.2, 0) is 0 Å². The van der Waals surface area contributed by atoms with Gasteiger partial charge in [0, 0.05) is 29.6 Å². The van der Waals surface area contributed by atoms with Crippen molar-refractivity contribution in [3.63, 3.8) is 0 Å². The highest BCUT2D eigenvalue weighted by molar-refractivity contribution is 9.10. The first-order valence-corrected chi connectivity index (χ1v) is 7.43. The molecule has 1 aromatic carbocycles. The largest absolute Gasteiger partial charge is 0.348 e. The van der Waals surface area contributed by atoms with E-state index in [1.807, 2.05) is 0 Å². The van der Waals surface area contributed by atoms with Gasteiger partial charge in [0.05, 0.1) is 5.56 Å². The quantitative estimate of drug-likeness (QED) is 0.925. The van der Waals surface area contributed by atoms with E-state index >= 15 is 0 Å². The average molecular weight is 327 g/mol. The fraction of sp³-hybridized carbons (Fsp3) is 0.500. The molecule has 1 amide bonds. The summed E-state index contributed by atoms with van der Waals surface area (Å²) in [6.07, 6.45) is 3.59. The first kappa shape index (κ1) is 13.1. The number of hydrogen-bond donors (Lipinski definition) is 1. The number of rotatable bonds is 3. The first-order chi connectivity index (χ1) is 9.13. The molecule has 102 valence electrons. The van der Waals surface area contributed by atoms with E-state index in [1.165, 1.54) is 31.0 Å². The summed E-state index contributed by atoms with van der Waals surface area (Å²) in [7, 11) is 0. The van der Waals surface area contributed by atoms with E-state index in [-0.39, 0.29) is 17.8 Å². The molecule has 1 aliphatic carbocycles. The number of hydrogen-bond acceptors (Lipinski definition) is 2. The number of nitrogens with zero attached hydrogens (tertiary/aromatic N) is 1. The van der Waals surface area contributed by atoms with Gasteiger partial charge in [0.1, 0.15) is 5.82 Å². The molecule has 3 nitrogen and oxygen atoms in total. The summed E-state index contributed by atoms with van der Waals surface area (Å²) in [6, 6.07) is 5.11. The maximum absolute atomic E-state index is 13.0. The fourth-order valence-corrected chi connectivity index (χ4v) is 3.14. The van der Waals surface area contributed by atoms with Gasteiger partial charge in [0.15, 0.2) is 0 Å². The topological polar surface area (TPSA) is 32.3 Å². The number of nitrogens with one attached hydrogen (secondary N) is 1. The molecule has 1 N–H and O–H groups in total. The SMILES string of the molecule is O=C(NC1CCN(C2CC2)C1)c1ccc(F)cc1Br. The molecule has 0 radical (unpaired) electrons. The van der Waals surface area contributed by atoms with Crippen molar-refractivity contribution in [2.24, 2.45) is 0 Å². The van der Waals surface area contributed by atoms with E-state index in [0.717, 1.165) is 25.6 Å². The van der Waals surface area contributed by atoms with Crippen molar-refractivity contribution in [2.75, 3.05) is 13.1 Å². The third-order valence-electron chi connectivity index (χ3n) is 3.79. The molecule has 1 aromatic rings. The summed E-state index contributed by atoms with van der Waals surface area (Å²) in [4.78, 5) is 14.6. The Bertz CT molecular complexity index is 504. The predicted molar refractivity (Wildman–Crippen MR) is 74.6 cm³/mol. The Morgan fingerprint density at radius 3 is 2.84 bits per heavy atom. The monoisotopic (exact) mass is 326 g/mol. The molecule has 1 aliphatic heterocycles. The van der Waals surface area contributed by atoms with Gasteiger partial charge in [-0.25, -0.2) is 4.39 Å². The van der Waals surface area contributed by atoms with E-state index < -0.39 is 0 Å². The highest BCUT2D eigenvalue weighted by Gasteiger charge is 2.34. The predicted octanol–water partition coefficient (Wildman–Crippen LogP) is 2.55. The molecule has 2 aliphatic rings. The summed E-state index contributed by atoms with van der Waals surface area (Å²) >= 11 is 3.23. The zero-order valence-electron chi connectivity index (χ0n) is 10.5.